The number of aliphatic hydroxyl groups is 2. The second kappa shape index (κ2) is 6.54. The summed E-state index contributed by atoms with van der Waals surface area (Å²) >= 11 is 0. The lowest BCUT2D eigenvalue weighted by molar-refractivity contribution is -0.0599. The first-order chi connectivity index (χ1) is 5.18. The molecule has 0 aromatic carbocycles. The molecule has 0 aromatic heterocycles. The van der Waals surface area contributed by atoms with Gasteiger partial charge in [-0.25, -0.2) is 0 Å². The van der Waals surface area contributed by atoms with Gasteiger partial charge in [0.2, 0.25) is 0 Å². The van der Waals surface area contributed by atoms with E-state index in [2.05, 4.69) is 5.32 Å². The highest BCUT2D eigenvalue weighted by Gasteiger charge is 2.09. The highest BCUT2D eigenvalue weighted by molar-refractivity contribution is 4.62. The molecule has 4 nitrogen and oxygen atoms in total. The molecular formula is C7H18N2O2. The Kier molecular flexibility index (Phi) is 6.45. The van der Waals surface area contributed by atoms with Crippen molar-refractivity contribution in [2.75, 3.05) is 13.6 Å². The van der Waals surface area contributed by atoms with Crippen LogP contribution < -0.4 is 11.1 Å². The first-order valence-electron chi connectivity index (χ1n) is 3.94. The van der Waals surface area contributed by atoms with E-state index in [9.17, 15) is 0 Å². The number of rotatable bonds is 6. The van der Waals surface area contributed by atoms with Crippen molar-refractivity contribution in [1.29, 1.82) is 0 Å². The maximum absolute atomic E-state index is 8.59. The lowest BCUT2D eigenvalue weighted by atomic mass is 10.1. The molecule has 0 unspecified atom stereocenters. The Morgan fingerprint density at radius 2 is 2.00 bits per heavy atom. The van der Waals surface area contributed by atoms with Crippen LogP contribution in [0.5, 0.6) is 0 Å². The molecule has 0 spiro atoms. The van der Waals surface area contributed by atoms with E-state index in [1.165, 1.54) is 0 Å². The van der Waals surface area contributed by atoms with E-state index >= 15 is 0 Å². The third-order valence-corrected chi connectivity index (χ3v) is 1.60. The van der Waals surface area contributed by atoms with Gasteiger partial charge >= 0.3 is 0 Å². The SMILES string of the molecule is CNCCCC[C@H](N)C(O)O. The lowest BCUT2D eigenvalue weighted by Crippen LogP contribution is -2.34. The Bertz CT molecular complexity index is 88.5. The summed E-state index contributed by atoms with van der Waals surface area (Å²) in [4.78, 5) is 0. The number of hydrogen-bond acceptors (Lipinski definition) is 4. The van der Waals surface area contributed by atoms with Crippen LogP contribution in [0.15, 0.2) is 0 Å². The molecule has 0 heterocycles. The average molecular weight is 162 g/mol. The molecule has 1 atom stereocenters. The summed E-state index contributed by atoms with van der Waals surface area (Å²) in [6, 6.07) is -0.494. The van der Waals surface area contributed by atoms with Crippen LogP contribution in [0.1, 0.15) is 19.3 Å². The third-order valence-electron chi connectivity index (χ3n) is 1.60. The zero-order chi connectivity index (χ0) is 8.69. The van der Waals surface area contributed by atoms with Gasteiger partial charge in [0.15, 0.2) is 6.29 Å². The monoisotopic (exact) mass is 162 g/mol. The van der Waals surface area contributed by atoms with Crippen molar-refractivity contribution >= 4 is 0 Å². The summed E-state index contributed by atoms with van der Waals surface area (Å²) in [5.41, 5.74) is 5.38. The summed E-state index contributed by atoms with van der Waals surface area (Å²) in [6.07, 6.45) is 1.25. The average Bonchev–Trinajstić information content (AvgIpc) is 1.97. The van der Waals surface area contributed by atoms with Crippen molar-refractivity contribution in [3.05, 3.63) is 0 Å². The van der Waals surface area contributed by atoms with Gasteiger partial charge in [-0.05, 0) is 26.4 Å². The Hall–Kier alpha value is -0.160. The van der Waals surface area contributed by atoms with E-state index in [1.807, 2.05) is 7.05 Å². The fraction of sp³-hybridized carbons (Fsp3) is 1.00. The Labute approximate surface area is 67.4 Å². The van der Waals surface area contributed by atoms with Crippen molar-refractivity contribution in [3.63, 3.8) is 0 Å². The van der Waals surface area contributed by atoms with E-state index in [1.54, 1.807) is 0 Å². The summed E-state index contributed by atoms with van der Waals surface area (Å²) in [5, 5.41) is 20.2. The van der Waals surface area contributed by atoms with Gasteiger partial charge < -0.3 is 21.3 Å². The predicted octanol–water partition coefficient (Wildman–Crippen LogP) is -0.986. The Morgan fingerprint density at radius 1 is 1.36 bits per heavy atom. The molecule has 11 heavy (non-hydrogen) atoms. The van der Waals surface area contributed by atoms with E-state index in [0.717, 1.165) is 19.4 Å². The van der Waals surface area contributed by atoms with E-state index in [0.29, 0.717) is 6.42 Å². The molecule has 5 N–H and O–H groups in total. The van der Waals surface area contributed by atoms with Gasteiger partial charge in [0, 0.05) is 0 Å². The lowest BCUT2D eigenvalue weighted by Gasteiger charge is -2.12. The summed E-state index contributed by atoms with van der Waals surface area (Å²) in [7, 11) is 1.89. The molecule has 0 rings (SSSR count). The number of unbranched alkanes of at least 4 members (excludes halogenated alkanes) is 1. The van der Waals surface area contributed by atoms with Crippen LogP contribution in [0, 0.1) is 0 Å². The smallest absolute Gasteiger partial charge is 0.166 e. The predicted molar refractivity (Wildman–Crippen MR) is 44.0 cm³/mol. The molecule has 0 fully saturated rings. The van der Waals surface area contributed by atoms with Crippen LogP contribution in [0.2, 0.25) is 0 Å². The molecule has 0 bridgehead atoms. The molecule has 4 heteroatoms. The number of aliphatic hydroxyl groups excluding tert-OH is 1. The van der Waals surface area contributed by atoms with Crippen molar-refractivity contribution in [2.45, 2.75) is 31.6 Å². The van der Waals surface area contributed by atoms with Gasteiger partial charge in [0.25, 0.3) is 0 Å². The topological polar surface area (TPSA) is 78.5 Å². The van der Waals surface area contributed by atoms with Gasteiger partial charge in [-0.1, -0.05) is 6.42 Å². The number of nitrogens with two attached hydrogens (primary N) is 1. The largest absolute Gasteiger partial charge is 0.367 e. The van der Waals surface area contributed by atoms with Crippen LogP contribution >= 0.6 is 0 Å². The normalized spacial score (nSPS) is 13.9. The first kappa shape index (κ1) is 10.8. The molecule has 0 aliphatic rings. The van der Waals surface area contributed by atoms with E-state index < -0.39 is 12.3 Å². The minimum atomic E-state index is -1.37. The second-order valence-corrected chi connectivity index (χ2v) is 2.68. The van der Waals surface area contributed by atoms with Crippen LogP contribution in [-0.2, 0) is 0 Å². The zero-order valence-corrected chi connectivity index (χ0v) is 6.95. The van der Waals surface area contributed by atoms with E-state index in [-0.39, 0.29) is 0 Å². The zero-order valence-electron chi connectivity index (χ0n) is 6.95. The highest BCUT2D eigenvalue weighted by atomic mass is 16.5. The quantitative estimate of drug-likeness (QED) is 0.299. The fourth-order valence-electron chi connectivity index (χ4n) is 0.831. The second-order valence-electron chi connectivity index (χ2n) is 2.68. The molecule has 0 aromatic rings. The molecule has 68 valence electrons. The summed E-state index contributed by atoms with van der Waals surface area (Å²) in [5.74, 6) is 0. The summed E-state index contributed by atoms with van der Waals surface area (Å²) < 4.78 is 0. The maximum Gasteiger partial charge on any atom is 0.166 e. The first-order valence-corrected chi connectivity index (χ1v) is 3.94. The van der Waals surface area contributed by atoms with Crippen molar-refractivity contribution < 1.29 is 10.2 Å². The van der Waals surface area contributed by atoms with Crippen LogP contribution in [-0.4, -0.2) is 36.1 Å². The Balaban J connectivity index is 3.10. The minimum Gasteiger partial charge on any atom is -0.367 e. The molecule has 0 saturated carbocycles. The van der Waals surface area contributed by atoms with Gasteiger partial charge in [0.05, 0.1) is 6.04 Å². The number of hydrogen-bond donors (Lipinski definition) is 4. The minimum absolute atomic E-state index is 0.494. The molecule has 0 aliphatic heterocycles. The van der Waals surface area contributed by atoms with Crippen molar-refractivity contribution in [2.24, 2.45) is 5.73 Å². The van der Waals surface area contributed by atoms with Crippen molar-refractivity contribution in [3.8, 4) is 0 Å². The molecular weight excluding hydrogens is 144 g/mol. The van der Waals surface area contributed by atoms with Gasteiger partial charge in [-0.15, -0.1) is 0 Å². The Morgan fingerprint density at radius 3 is 2.45 bits per heavy atom. The molecule has 0 saturated heterocycles. The van der Waals surface area contributed by atoms with Crippen LogP contribution in [0.25, 0.3) is 0 Å². The van der Waals surface area contributed by atoms with Crippen LogP contribution in [0.4, 0.5) is 0 Å². The van der Waals surface area contributed by atoms with Crippen molar-refractivity contribution in [1.82, 2.24) is 5.32 Å². The summed E-state index contributed by atoms with van der Waals surface area (Å²) in [6.45, 7) is 0.953. The maximum atomic E-state index is 8.59. The van der Waals surface area contributed by atoms with E-state index in [4.69, 9.17) is 15.9 Å². The molecule has 0 aliphatic carbocycles. The van der Waals surface area contributed by atoms with Crippen LogP contribution in [0.3, 0.4) is 0 Å². The highest BCUT2D eigenvalue weighted by Crippen LogP contribution is 2.00. The van der Waals surface area contributed by atoms with Gasteiger partial charge in [0.1, 0.15) is 0 Å². The third kappa shape index (κ3) is 6.25. The molecule has 0 radical (unpaired) electrons. The van der Waals surface area contributed by atoms with Gasteiger partial charge in [-0.2, -0.15) is 0 Å². The number of nitrogens with one attached hydrogen (secondary N) is 1. The fourth-order valence-corrected chi connectivity index (χ4v) is 0.831. The van der Waals surface area contributed by atoms with Gasteiger partial charge in [-0.3, -0.25) is 0 Å². The standard InChI is InChI=1S/C7H18N2O2/c1-9-5-3-2-4-6(8)7(10)11/h6-7,9-11H,2-5,8H2,1H3/t6-/m0/s1. The molecule has 0 amide bonds.